The van der Waals surface area contributed by atoms with Crippen molar-refractivity contribution in [2.75, 3.05) is 46.6 Å². The highest BCUT2D eigenvalue weighted by atomic mass is 16.6. The van der Waals surface area contributed by atoms with Crippen LogP contribution in [0.3, 0.4) is 0 Å². The quantitative estimate of drug-likeness (QED) is 0.260. The summed E-state index contributed by atoms with van der Waals surface area (Å²) in [7, 11) is 1.46. The van der Waals surface area contributed by atoms with Crippen molar-refractivity contribution >= 4 is 23.4 Å². The van der Waals surface area contributed by atoms with Crippen LogP contribution in [0.2, 0.25) is 0 Å². The van der Waals surface area contributed by atoms with E-state index >= 15 is 0 Å². The molecule has 0 radical (unpaired) electrons. The number of benzene rings is 2. The maximum Gasteiger partial charge on any atom is 0.243 e. The maximum atomic E-state index is 13.8. The number of methoxy groups -OCH3 is 1. The van der Waals surface area contributed by atoms with Gasteiger partial charge < -0.3 is 30.0 Å². The minimum Gasteiger partial charge on any atom is -0.508 e. The maximum absolute atomic E-state index is 13.8. The van der Waals surface area contributed by atoms with E-state index in [9.17, 15) is 24.3 Å². The summed E-state index contributed by atoms with van der Waals surface area (Å²) in [6.45, 7) is 6.30. The number of ether oxygens (including phenoxy) is 3. The van der Waals surface area contributed by atoms with Gasteiger partial charge in [0.15, 0.2) is 5.78 Å². The number of nitrogens with one attached hydrogen (secondary N) is 2. The van der Waals surface area contributed by atoms with Crippen LogP contribution in [-0.4, -0.2) is 97.6 Å². The second kappa shape index (κ2) is 14.6. The van der Waals surface area contributed by atoms with E-state index in [2.05, 4.69) is 10.6 Å². The second-order valence-electron chi connectivity index (χ2n) is 11.5. The Kier molecular flexibility index (Phi) is 10.9. The van der Waals surface area contributed by atoms with Gasteiger partial charge in [-0.15, -0.1) is 0 Å². The minimum atomic E-state index is -1.10. The molecule has 3 N–H and O–H groups in total. The molecule has 43 heavy (non-hydrogen) atoms. The lowest BCUT2D eigenvalue weighted by Gasteiger charge is -2.27. The van der Waals surface area contributed by atoms with E-state index in [0.717, 1.165) is 5.56 Å². The van der Waals surface area contributed by atoms with Gasteiger partial charge in [-0.25, -0.2) is 0 Å². The third-order valence-electron chi connectivity index (χ3n) is 7.76. The smallest absolute Gasteiger partial charge is 0.243 e. The number of epoxide rings is 1. The third kappa shape index (κ3) is 9.34. The number of Topliss-reactive ketones (excluding diaryl/α,β-unsaturated/α-hetero) is 2. The lowest BCUT2D eigenvalue weighted by molar-refractivity contribution is -0.134. The van der Waals surface area contributed by atoms with Crippen LogP contribution in [0.15, 0.2) is 48.5 Å². The fraction of sp³-hybridized carbons (Fsp3) is 0.500. The molecule has 2 saturated heterocycles. The summed E-state index contributed by atoms with van der Waals surface area (Å²) in [5, 5.41) is 15.8. The summed E-state index contributed by atoms with van der Waals surface area (Å²) >= 11 is 0. The molecule has 4 rings (SSSR count). The van der Waals surface area contributed by atoms with Crippen molar-refractivity contribution in [1.82, 2.24) is 15.5 Å². The molecule has 0 unspecified atom stereocenters. The molecule has 4 atom stereocenters. The Morgan fingerprint density at radius 1 is 0.977 bits per heavy atom. The Morgan fingerprint density at radius 3 is 2.28 bits per heavy atom. The lowest BCUT2D eigenvalue weighted by Crippen LogP contribution is -2.55. The lowest BCUT2D eigenvalue weighted by atomic mass is 9.94. The van der Waals surface area contributed by atoms with Crippen LogP contribution in [0, 0.1) is 5.92 Å². The number of ketones is 2. The number of amides is 2. The predicted octanol–water partition coefficient (Wildman–Crippen LogP) is 1.44. The van der Waals surface area contributed by atoms with E-state index in [1.54, 1.807) is 19.9 Å². The largest absolute Gasteiger partial charge is 0.508 e. The molecule has 2 aliphatic heterocycles. The average molecular weight is 596 g/mol. The molecule has 0 aromatic heterocycles. The first kappa shape index (κ1) is 32.1. The van der Waals surface area contributed by atoms with Crippen molar-refractivity contribution in [3.63, 3.8) is 0 Å². The molecular weight excluding hydrogens is 554 g/mol. The Bertz CT molecular complexity index is 1290. The number of carbonyl (C=O) groups excluding carboxylic acids is 4. The van der Waals surface area contributed by atoms with Crippen molar-refractivity contribution in [2.24, 2.45) is 5.92 Å². The molecule has 0 spiro atoms. The van der Waals surface area contributed by atoms with Gasteiger partial charge in [-0.05, 0) is 36.6 Å². The van der Waals surface area contributed by atoms with E-state index in [1.807, 2.05) is 35.2 Å². The number of nitrogens with zero attached hydrogens (tertiary/aromatic N) is 1. The minimum absolute atomic E-state index is 0.0107. The highest BCUT2D eigenvalue weighted by Gasteiger charge is 2.50. The summed E-state index contributed by atoms with van der Waals surface area (Å²) in [5.74, 6) is -1.73. The Balaban J connectivity index is 1.50. The van der Waals surface area contributed by atoms with Crippen molar-refractivity contribution < 1.29 is 38.5 Å². The zero-order valence-electron chi connectivity index (χ0n) is 25.0. The molecule has 11 heteroatoms. The van der Waals surface area contributed by atoms with Gasteiger partial charge >= 0.3 is 0 Å². The van der Waals surface area contributed by atoms with E-state index in [1.165, 1.54) is 19.2 Å². The molecule has 2 heterocycles. The van der Waals surface area contributed by atoms with Crippen molar-refractivity contribution in [1.29, 1.82) is 0 Å². The van der Waals surface area contributed by atoms with Crippen LogP contribution in [-0.2, 0) is 41.5 Å². The van der Waals surface area contributed by atoms with Gasteiger partial charge in [0.2, 0.25) is 11.8 Å². The first-order valence-electron chi connectivity index (χ1n) is 14.6. The summed E-state index contributed by atoms with van der Waals surface area (Å²) in [6.07, 6.45) is 0.274. The molecule has 0 bridgehead atoms. The predicted molar refractivity (Wildman–Crippen MR) is 158 cm³/mol. The third-order valence-corrected chi connectivity index (χ3v) is 7.76. The molecular formula is C32H41N3O8. The monoisotopic (exact) mass is 595 g/mol. The molecule has 0 saturated carbocycles. The first-order chi connectivity index (χ1) is 20.6. The average Bonchev–Trinajstić information content (AvgIpc) is 3.74. The molecule has 2 aliphatic rings. The topological polar surface area (TPSA) is 147 Å². The number of hydrogen-bond donors (Lipinski definition) is 3. The molecule has 232 valence electrons. The van der Waals surface area contributed by atoms with Crippen LogP contribution in [0.4, 0.5) is 0 Å². The molecule has 2 amide bonds. The van der Waals surface area contributed by atoms with Crippen LogP contribution < -0.4 is 15.4 Å². The molecule has 2 aromatic carbocycles. The zero-order chi connectivity index (χ0) is 31.0. The van der Waals surface area contributed by atoms with Gasteiger partial charge in [-0.3, -0.25) is 24.1 Å². The Hall–Kier alpha value is -3.80. The Labute approximate surface area is 251 Å². The van der Waals surface area contributed by atoms with Crippen LogP contribution in [0.25, 0.3) is 0 Å². The fourth-order valence-electron chi connectivity index (χ4n) is 5.10. The number of aromatic hydroxyl groups is 1. The van der Waals surface area contributed by atoms with Crippen LogP contribution in [0.5, 0.6) is 11.5 Å². The molecule has 11 nitrogen and oxygen atoms in total. The van der Waals surface area contributed by atoms with Gasteiger partial charge in [0.25, 0.3) is 0 Å². The van der Waals surface area contributed by atoms with Crippen molar-refractivity contribution in [2.45, 2.75) is 50.8 Å². The second-order valence-corrected chi connectivity index (χ2v) is 11.5. The van der Waals surface area contributed by atoms with Gasteiger partial charge in [0.05, 0.1) is 39.5 Å². The van der Waals surface area contributed by atoms with Crippen LogP contribution in [0.1, 0.15) is 31.4 Å². The van der Waals surface area contributed by atoms with Gasteiger partial charge in [-0.1, -0.05) is 37.3 Å². The molecule has 2 aromatic rings. The highest BCUT2D eigenvalue weighted by Crippen LogP contribution is 2.29. The SMILES string of the molecule is COc1cc(O)cc(C[C@H](NC(=O)[C@H](C)CC(=O)CN2CCOCC2)C(=O)N[C@@H](Cc2ccccc2)C(=O)[C@@]2(C)CO2)c1. The van der Waals surface area contributed by atoms with E-state index in [4.69, 9.17) is 14.2 Å². The standard InChI is InChI=1S/C32H41N3O8/c1-21(13-25(37)19-35-9-11-42-12-10-35)30(39)34-28(17-23-14-24(36)18-26(15-23)41-3)31(40)33-27(29(38)32(2)20-43-32)16-22-7-5-4-6-8-22/h4-8,14-15,18,21,27-28,36H,9-13,16-17,19-20H2,1-3H3,(H,33,40)(H,34,39)/t21-,27+,28+,32-/m1/s1. The van der Waals surface area contributed by atoms with E-state index < -0.39 is 35.4 Å². The number of morpholine rings is 1. The van der Waals surface area contributed by atoms with Crippen molar-refractivity contribution in [3.8, 4) is 11.5 Å². The van der Waals surface area contributed by atoms with Crippen molar-refractivity contribution in [3.05, 3.63) is 59.7 Å². The fourth-order valence-corrected chi connectivity index (χ4v) is 5.10. The highest BCUT2D eigenvalue weighted by molar-refractivity contribution is 5.98. The number of hydrogen-bond acceptors (Lipinski definition) is 9. The van der Waals surface area contributed by atoms with E-state index in [-0.39, 0.29) is 49.7 Å². The zero-order valence-corrected chi connectivity index (χ0v) is 25.0. The van der Waals surface area contributed by atoms with Gasteiger partial charge in [-0.2, -0.15) is 0 Å². The van der Waals surface area contributed by atoms with Gasteiger partial charge in [0.1, 0.15) is 28.9 Å². The summed E-state index contributed by atoms with van der Waals surface area (Å²) in [4.78, 5) is 55.2. The summed E-state index contributed by atoms with van der Waals surface area (Å²) in [6, 6.07) is 11.9. The van der Waals surface area contributed by atoms with E-state index in [0.29, 0.717) is 37.6 Å². The summed E-state index contributed by atoms with van der Waals surface area (Å²) < 4.78 is 16.0. The summed E-state index contributed by atoms with van der Waals surface area (Å²) in [5.41, 5.74) is 0.423. The number of phenols is 1. The Morgan fingerprint density at radius 2 is 1.63 bits per heavy atom. The van der Waals surface area contributed by atoms with Crippen LogP contribution >= 0.6 is 0 Å². The number of rotatable bonds is 15. The molecule has 0 aliphatic carbocycles. The number of carbonyl (C=O) groups is 4. The molecule has 2 fully saturated rings. The van der Waals surface area contributed by atoms with Gasteiger partial charge in [0, 0.05) is 37.9 Å². The first-order valence-corrected chi connectivity index (χ1v) is 14.6. The number of phenolic OH excluding ortho intramolecular Hbond substituents is 1. The normalized spacial score (nSPS) is 20.3.